The molecule has 0 aliphatic rings. The van der Waals surface area contributed by atoms with E-state index < -0.39 is 0 Å². The van der Waals surface area contributed by atoms with E-state index in [-0.39, 0.29) is 5.75 Å². The Morgan fingerprint density at radius 2 is 1.58 bits per heavy atom. The smallest absolute Gasteiger partial charge is 0.262 e. The monoisotopic (exact) mass is 161 g/mol. The van der Waals surface area contributed by atoms with E-state index in [1.807, 2.05) is 24.3 Å². The highest BCUT2D eigenvalue weighted by molar-refractivity contribution is 5.92. The minimum Gasteiger partial charge on any atom is -0.593 e. The Kier molecular flexibility index (Phi) is 1.40. The fourth-order valence-electron chi connectivity index (χ4n) is 1.28. The number of hydrogen-bond donors (Lipinski definition) is 1. The number of fused-ring (bicyclic) bond motifs is 1. The van der Waals surface area contributed by atoms with Crippen LogP contribution in [0.5, 0.6) is 11.5 Å². The normalized spacial score (nSPS) is 10.3. The molecule has 0 amide bonds. The minimum absolute atomic E-state index is 0.238. The fraction of sp³-hybridized carbons (Fsp3) is 0. The second-order valence-corrected chi connectivity index (χ2v) is 2.68. The van der Waals surface area contributed by atoms with Crippen LogP contribution in [0.2, 0.25) is 0 Å². The lowest BCUT2D eigenvalue weighted by molar-refractivity contribution is 0.469. The van der Waals surface area contributed by atoms with Crippen molar-refractivity contribution in [3.05, 3.63) is 36.4 Å². The van der Waals surface area contributed by atoms with Crippen LogP contribution < -0.4 is 0 Å². The van der Waals surface area contributed by atoms with Gasteiger partial charge in [-0.1, -0.05) is 18.2 Å². The van der Waals surface area contributed by atoms with Crippen LogP contribution in [0.15, 0.2) is 36.4 Å². The third-order valence-electron chi connectivity index (χ3n) is 1.90. The number of rotatable bonds is 0. The first kappa shape index (κ1) is 6.98. The third kappa shape index (κ3) is 0.889. The van der Waals surface area contributed by atoms with Gasteiger partial charge in [0, 0.05) is 11.5 Å². The van der Waals surface area contributed by atoms with E-state index in [1.165, 1.54) is 0 Å². The average Bonchev–Trinajstić information content (AvgIpc) is 2.12. The van der Waals surface area contributed by atoms with Gasteiger partial charge in [0.25, 0.3) is 5.75 Å². The van der Waals surface area contributed by atoms with Crippen molar-refractivity contribution in [3.63, 3.8) is 0 Å². The Labute approximate surface area is 69.7 Å². The van der Waals surface area contributed by atoms with Crippen LogP contribution in [0, 0.1) is 0 Å². The molecule has 2 rings (SSSR count). The van der Waals surface area contributed by atoms with E-state index in [0.717, 1.165) is 10.8 Å². The van der Waals surface area contributed by atoms with Gasteiger partial charge in [-0.3, -0.25) is 0 Å². The van der Waals surface area contributed by atoms with Crippen molar-refractivity contribution in [2.45, 2.75) is 0 Å². The van der Waals surface area contributed by atoms with Gasteiger partial charge in [0.05, 0.1) is 5.39 Å². The topological polar surface area (TPSA) is 43.1 Å². The van der Waals surface area contributed by atoms with Crippen LogP contribution in [0.25, 0.3) is 10.8 Å². The van der Waals surface area contributed by atoms with Crippen molar-refractivity contribution in [1.29, 1.82) is 0 Å². The van der Waals surface area contributed by atoms with Crippen molar-refractivity contribution in [2.75, 3.05) is 0 Å². The molecule has 0 unspecified atom stereocenters. The first-order valence-corrected chi connectivity index (χ1v) is 3.71. The second kappa shape index (κ2) is 2.41. The summed E-state index contributed by atoms with van der Waals surface area (Å²) < 4.78 is 0. The average molecular weight is 161 g/mol. The molecule has 3 N–H and O–H groups in total. The Morgan fingerprint density at radius 3 is 2.25 bits per heavy atom. The van der Waals surface area contributed by atoms with Gasteiger partial charge in [-0.15, -0.1) is 0 Å². The molecule has 0 fully saturated rings. The lowest BCUT2D eigenvalue weighted by Crippen LogP contribution is -1.73. The van der Waals surface area contributed by atoms with E-state index in [4.69, 9.17) is 5.11 Å². The first-order valence-electron chi connectivity index (χ1n) is 3.71. The molecule has 0 atom stereocenters. The Morgan fingerprint density at radius 1 is 0.917 bits per heavy atom. The summed E-state index contributed by atoms with van der Waals surface area (Å²) in [6.07, 6.45) is 0. The van der Waals surface area contributed by atoms with Gasteiger partial charge in [0.2, 0.25) is 0 Å². The van der Waals surface area contributed by atoms with Gasteiger partial charge in [0.1, 0.15) is 5.75 Å². The van der Waals surface area contributed by atoms with Gasteiger partial charge < -0.3 is 10.2 Å². The summed E-state index contributed by atoms with van der Waals surface area (Å²) in [6, 6.07) is 10.5. The summed E-state index contributed by atoms with van der Waals surface area (Å²) in [4.78, 5) is 0. The molecule has 2 heteroatoms. The maximum Gasteiger partial charge on any atom is 0.262 e. The molecule has 60 valence electrons. The zero-order valence-corrected chi connectivity index (χ0v) is 6.41. The quantitative estimate of drug-likeness (QED) is 0.590. The molecule has 2 aromatic rings. The maximum atomic E-state index is 9.41. The highest BCUT2D eigenvalue weighted by Gasteiger charge is 2.05. The number of benzene rings is 2. The summed E-state index contributed by atoms with van der Waals surface area (Å²) in [6.45, 7) is 0. The van der Waals surface area contributed by atoms with E-state index in [2.05, 4.69) is 0 Å². The highest BCUT2D eigenvalue weighted by Crippen LogP contribution is 2.30. The molecule has 2 nitrogen and oxygen atoms in total. The summed E-state index contributed by atoms with van der Waals surface area (Å²) in [5.74, 6) is 0.685. The SMILES string of the molecule is Oc1ccc([OH2+])c2ccccc12. The van der Waals surface area contributed by atoms with Gasteiger partial charge in [-0.2, -0.15) is 0 Å². The van der Waals surface area contributed by atoms with Crippen LogP contribution in [0.1, 0.15) is 0 Å². The first-order chi connectivity index (χ1) is 5.79. The van der Waals surface area contributed by atoms with Gasteiger partial charge in [0.15, 0.2) is 0 Å². The van der Waals surface area contributed by atoms with E-state index >= 15 is 0 Å². The van der Waals surface area contributed by atoms with Gasteiger partial charge in [-0.05, 0) is 12.1 Å². The molecule has 0 heterocycles. The number of phenolic OH excluding ortho intramolecular Hbond substituents is 1. The number of phenols is 1. The summed E-state index contributed by atoms with van der Waals surface area (Å²) in [7, 11) is 0. The third-order valence-corrected chi connectivity index (χ3v) is 1.90. The minimum atomic E-state index is 0.238. The lowest BCUT2D eigenvalue weighted by Gasteiger charge is -1.99. The van der Waals surface area contributed by atoms with Gasteiger partial charge in [-0.25, -0.2) is 0 Å². The predicted molar refractivity (Wildman–Crippen MR) is 48.7 cm³/mol. The molecule has 0 aliphatic carbocycles. The second-order valence-electron chi connectivity index (χ2n) is 2.68. The zero-order valence-electron chi connectivity index (χ0n) is 6.41. The van der Waals surface area contributed by atoms with Crippen molar-refractivity contribution in [3.8, 4) is 11.5 Å². The molecule has 0 saturated heterocycles. The van der Waals surface area contributed by atoms with Crippen molar-refractivity contribution in [1.82, 2.24) is 0 Å². The van der Waals surface area contributed by atoms with Crippen LogP contribution in [0.3, 0.4) is 0 Å². The van der Waals surface area contributed by atoms with Crippen molar-refractivity contribution < 1.29 is 10.2 Å². The molecule has 0 aliphatic heterocycles. The number of hydrogen-bond acceptors (Lipinski definition) is 1. The molecule has 0 radical (unpaired) electrons. The number of aromatic hydroxyl groups is 1. The summed E-state index contributed by atoms with van der Waals surface area (Å²) in [5.41, 5.74) is 0. The van der Waals surface area contributed by atoms with E-state index in [9.17, 15) is 5.11 Å². The molecular weight excluding hydrogens is 152 g/mol. The molecule has 12 heavy (non-hydrogen) atoms. The molecule has 0 spiro atoms. The zero-order chi connectivity index (χ0) is 8.55. The largest absolute Gasteiger partial charge is 0.593 e. The Balaban J connectivity index is 2.95. The summed E-state index contributed by atoms with van der Waals surface area (Å²) >= 11 is 0. The fourth-order valence-corrected chi connectivity index (χ4v) is 1.28. The highest BCUT2D eigenvalue weighted by atomic mass is 16.3. The van der Waals surface area contributed by atoms with E-state index in [1.54, 1.807) is 12.1 Å². The Bertz CT molecular complexity index is 381. The molecule has 0 bridgehead atoms. The van der Waals surface area contributed by atoms with Crippen LogP contribution >= 0.6 is 0 Å². The molecule has 0 saturated carbocycles. The summed E-state index contributed by atoms with van der Waals surface area (Å²) in [5, 5.41) is 18.5. The van der Waals surface area contributed by atoms with Crippen LogP contribution in [-0.2, 0) is 0 Å². The van der Waals surface area contributed by atoms with E-state index in [0.29, 0.717) is 5.75 Å². The maximum absolute atomic E-state index is 9.41. The molecular formula is C10H9O2+. The molecule has 0 aromatic heterocycles. The standard InChI is InChI=1S/C10H8O2/c11-9-5-6-10(12)8-4-2-1-3-7(8)9/h1-6,11-12H/p+1. The molecule has 2 aromatic carbocycles. The van der Waals surface area contributed by atoms with Gasteiger partial charge >= 0.3 is 0 Å². The van der Waals surface area contributed by atoms with Crippen LogP contribution in [-0.4, -0.2) is 10.2 Å². The van der Waals surface area contributed by atoms with Crippen LogP contribution in [0.4, 0.5) is 0 Å². The van der Waals surface area contributed by atoms with Crippen molar-refractivity contribution >= 4 is 10.8 Å². The Hall–Kier alpha value is -1.70. The lowest BCUT2D eigenvalue weighted by atomic mass is 10.1. The van der Waals surface area contributed by atoms with Crippen molar-refractivity contribution in [2.24, 2.45) is 0 Å². The predicted octanol–water partition coefficient (Wildman–Crippen LogP) is 1.98.